The van der Waals surface area contributed by atoms with E-state index >= 15 is 0 Å². The Morgan fingerprint density at radius 1 is 1.28 bits per heavy atom. The molecule has 4 atom stereocenters. The third-order valence-electron chi connectivity index (χ3n) is 5.04. The molecule has 6 nitrogen and oxygen atoms in total. The Morgan fingerprint density at radius 2 is 2.04 bits per heavy atom. The lowest BCUT2D eigenvalue weighted by molar-refractivity contribution is -0.475. The van der Waals surface area contributed by atoms with Gasteiger partial charge >= 0.3 is 5.97 Å². The highest BCUT2D eigenvalue weighted by Crippen LogP contribution is 2.37. The second kappa shape index (κ2) is 11.6. The van der Waals surface area contributed by atoms with E-state index < -0.39 is 5.79 Å². The predicted molar refractivity (Wildman–Crippen MR) is 93.7 cm³/mol. The molecule has 0 aromatic rings. The second-order valence-electron chi connectivity index (χ2n) is 7.08. The molecule has 1 fully saturated rings. The van der Waals surface area contributed by atoms with Gasteiger partial charge in [-0.3, -0.25) is 4.79 Å². The van der Waals surface area contributed by atoms with Crippen molar-refractivity contribution in [2.24, 2.45) is 11.8 Å². The van der Waals surface area contributed by atoms with E-state index in [1.54, 1.807) is 7.11 Å². The molecule has 1 aliphatic rings. The molecule has 0 aliphatic carbocycles. The van der Waals surface area contributed by atoms with Gasteiger partial charge in [-0.2, -0.15) is 0 Å². The van der Waals surface area contributed by atoms with Gasteiger partial charge in [0.1, 0.15) is 12.4 Å². The molecule has 0 spiro atoms. The number of hydrogen-bond acceptors (Lipinski definition) is 6. The summed E-state index contributed by atoms with van der Waals surface area (Å²) in [7, 11) is 2.99. The monoisotopic (exact) mass is 358 g/mol. The molecule has 1 saturated heterocycles. The molecule has 0 amide bonds. The van der Waals surface area contributed by atoms with Crippen LogP contribution in [0, 0.1) is 11.8 Å². The number of unbranched alkanes of at least 4 members (excludes halogenated alkanes) is 2. The van der Waals surface area contributed by atoms with Crippen molar-refractivity contribution in [3.63, 3.8) is 0 Å². The minimum absolute atomic E-state index is 0.136. The molecule has 0 radical (unpaired) electrons. The van der Waals surface area contributed by atoms with Crippen LogP contribution >= 0.6 is 0 Å². The molecular formula is C19H34O6. The molecule has 0 saturated carbocycles. The van der Waals surface area contributed by atoms with E-state index in [0.29, 0.717) is 6.42 Å². The van der Waals surface area contributed by atoms with Gasteiger partial charge in [-0.1, -0.05) is 33.1 Å². The number of methoxy groups -OCH3 is 2. The van der Waals surface area contributed by atoms with Gasteiger partial charge in [-0.05, 0) is 25.2 Å². The van der Waals surface area contributed by atoms with Crippen LogP contribution in [0.25, 0.3) is 0 Å². The lowest BCUT2D eigenvalue weighted by Gasteiger charge is -2.40. The fraction of sp³-hybridized carbons (Fsp3) is 0.895. The summed E-state index contributed by atoms with van der Waals surface area (Å²) in [6.45, 7) is 4.14. The smallest absolute Gasteiger partial charge is 0.308 e. The van der Waals surface area contributed by atoms with Gasteiger partial charge < -0.3 is 14.3 Å². The standard InChI is InChI=1S/C19H34O6/c1-5-9-16(14-20)10-7-6-8-11-19(23-4)13-15(2)17(24-25-19)12-18(21)22-3/h14-17H,5-13H2,1-4H3/t15-,16-,17-,19+/m0/s1. The van der Waals surface area contributed by atoms with E-state index in [1.807, 2.05) is 6.92 Å². The molecule has 0 aromatic carbocycles. The number of aldehydes is 1. The summed E-state index contributed by atoms with van der Waals surface area (Å²) in [5, 5.41) is 0. The van der Waals surface area contributed by atoms with E-state index in [0.717, 1.165) is 51.2 Å². The summed E-state index contributed by atoms with van der Waals surface area (Å²) < 4.78 is 10.3. The number of carbonyl (C=O) groups excluding carboxylic acids is 2. The Morgan fingerprint density at radius 3 is 2.60 bits per heavy atom. The fourth-order valence-corrected chi connectivity index (χ4v) is 3.38. The summed E-state index contributed by atoms with van der Waals surface area (Å²) >= 11 is 0. The van der Waals surface area contributed by atoms with Crippen molar-refractivity contribution in [3.05, 3.63) is 0 Å². The van der Waals surface area contributed by atoms with Gasteiger partial charge in [-0.25, -0.2) is 9.78 Å². The van der Waals surface area contributed by atoms with E-state index in [2.05, 4.69) is 11.7 Å². The molecule has 1 aliphatic heterocycles. The van der Waals surface area contributed by atoms with Gasteiger partial charge in [0.05, 0.1) is 13.5 Å². The van der Waals surface area contributed by atoms with Gasteiger partial charge in [0.2, 0.25) is 5.79 Å². The van der Waals surface area contributed by atoms with Crippen molar-refractivity contribution in [2.45, 2.75) is 83.5 Å². The summed E-state index contributed by atoms with van der Waals surface area (Å²) in [5.41, 5.74) is 0. The normalized spacial score (nSPS) is 27.7. The molecule has 25 heavy (non-hydrogen) atoms. The van der Waals surface area contributed by atoms with Crippen LogP contribution in [0.1, 0.15) is 71.6 Å². The SMILES string of the molecule is CCC[C@H](C=O)CCCCC[C@]1(OC)C[C@H](C)[C@H](CC(=O)OC)OO1. The van der Waals surface area contributed by atoms with Gasteiger partial charge in [0.25, 0.3) is 0 Å². The highest BCUT2D eigenvalue weighted by atomic mass is 17.2. The van der Waals surface area contributed by atoms with Gasteiger partial charge in [-0.15, -0.1) is 0 Å². The van der Waals surface area contributed by atoms with Crippen molar-refractivity contribution < 1.29 is 28.8 Å². The molecule has 146 valence electrons. The molecule has 0 N–H and O–H groups in total. The van der Waals surface area contributed by atoms with Crippen LogP contribution in [-0.2, 0) is 28.8 Å². The van der Waals surface area contributed by atoms with Crippen molar-refractivity contribution in [1.82, 2.24) is 0 Å². The average molecular weight is 358 g/mol. The van der Waals surface area contributed by atoms with Crippen LogP contribution < -0.4 is 0 Å². The zero-order chi connectivity index (χ0) is 18.7. The maximum absolute atomic E-state index is 11.4. The molecule has 0 aromatic heterocycles. The van der Waals surface area contributed by atoms with Crippen molar-refractivity contribution in [3.8, 4) is 0 Å². The first-order valence-electron chi connectivity index (χ1n) is 9.42. The highest BCUT2D eigenvalue weighted by Gasteiger charge is 2.42. The van der Waals surface area contributed by atoms with Crippen molar-refractivity contribution in [2.75, 3.05) is 14.2 Å². The minimum Gasteiger partial charge on any atom is -0.469 e. The zero-order valence-electron chi connectivity index (χ0n) is 16.1. The third-order valence-corrected chi connectivity index (χ3v) is 5.04. The largest absolute Gasteiger partial charge is 0.469 e. The Kier molecular flexibility index (Phi) is 10.2. The number of ether oxygens (including phenoxy) is 2. The first kappa shape index (κ1) is 22.1. The Balaban J connectivity index is 2.35. The van der Waals surface area contributed by atoms with Crippen LogP contribution in [0.2, 0.25) is 0 Å². The van der Waals surface area contributed by atoms with Crippen LogP contribution in [0.5, 0.6) is 0 Å². The molecule has 0 bridgehead atoms. The van der Waals surface area contributed by atoms with Crippen molar-refractivity contribution >= 4 is 12.3 Å². The predicted octanol–water partition coefficient (Wildman–Crippen LogP) is 3.81. The Hall–Kier alpha value is -0.980. The van der Waals surface area contributed by atoms with Crippen LogP contribution in [0.3, 0.4) is 0 Å². The lowest BCUT2D eigenvalue weighted by Crippen LogP contribution is -2.46. The summed E-state index contributed by atoms with van der Waals surface area (Å²) in [5.74, 6) is -0.729. The number of rotatable bonds is 12. The number of esters is 1. The van der Waals surface area contributed by atoms with E-state index in [1.165, 1.54) is 7.11 Å². The molecule has 6 heteroatoms. The van der Waals surface area contributed by atoms with Crippen LogP contribution in [0.4, 0.5) is 0 Å². The average Bonchev–Trinajstić information content (AvgIpc) is 2.62. The zero-order valence-corrected chi connectivity index (χ0v) is 16.1. The Bertz CT molecular complexity index is 399. The van der Waals surface area contributed by atoms with Crippen LogP contribution in [-0.4, -0.2) is 38.4 Å². The maximum atomic E-state index is 11.4. The van der Waals surface area contributed by atoms with E-state index in [-0.39, 0.29) is 30.3 Å². The quantitative estimate of drug-likeness (QED) is 0.229. The highest BCUT2D eigenvalue weighted by molar-refractivity contribution is 5.69. The maximum Gasteiger partial charge on any atom is 0.308 e. The fourth-order valence-electron chi connectivity index (χ4n) is 3.38. The van der Waals surface area contributed by atoms with E-state index in [4.69, 9.17) is 14.5 Å². The minimum atomic E-state index is -0.750. The first-order valence-corrected chi connectivity index (χ1v) is 9.42. The molecule has 1 heterocycles. The van der Waals surface area contributed by atoms with Gasteiger partial charge in [0.15, 0.2) is 0 Å². The van der Waals surface area contributed by atoms with Crippen LogP contribution in [0.15, 0.2) is 0 Å². The van der Waals surface area contributed by atoms with E-state index in [9.17, 15) is 9.59 Å². The molecule has 1 rings (SSSR count). The van der Waals surface area contributed by atoms with Crippen molar-refractivity contribution in [1.29, 1.82) is 0 Å². The summed E-state index contributed by atoms with van der Waals surface area (Å²) in [4.78, 5) is 33.4. The number of carbonyl (C=O) groups is 2. The molecular weight excluding hydrogens is 324 g/mol. The lowest BCUT2D eigenvalue weighted by atomic mass is 9.89. The first-order chi connectivity index (χ1) is 12.0. The Labute approximate surface area is 151 Å². The summed E-state index contributed by atoms with van der Waals surface area (Å²) in [6.07, 6.45) is 8.36. The summed E-state index contributed by atoms with van der Waals surface area (Å²) in [6, 6.07) is 0. The number of hydrogen-bond donors (Lipinski definition) is 0. The third kappa shape index (κ3) is 7.42. The second-order valence-corrected chi connectivity index (χ2v) is 7.08. The topological polar surface area (TPSA) is 71.1 Å². The van der Waals surface area contributed by atoms with Gasteiger partial charge in [0, 0.05) is 25.9 Å². The molecule has 0 unspecified atom stereocenters.